The molecule has 1 fully saturated rings. The van der Waals surface area contributed by atoms with E-state index in [1.54, 1.807) is 0 Å². The van der Waals surface area contributed by atoms with E-state index in [0.29, 0.717) is 16.7 Å². The van der Waals surface area contributed by atoms with Crippen molar-refractivity contribution in [2.24, 2.45) is 11.1 Å². The summed E-state index contributed by atoms with van der Waals surface area (Å²) in [6.45, 7) is 1.61. The van der Waals surface area contributed by atoms with Crippen molar-refractivity contribution in [1.29, 1.82) is 0 Å². The van der Waals surface area contributed by atoms with Crippen LogP contribution in [-0.4, -0.2) is 27.4 Å². The summed E-state index contributed by atoms with van der Waals surface area (Å²) in [7, 11) is -3.74. The second-order valence-electron chi connectivity index (χ2n) is 4.72. The van der Waals surface area contributed by atoms with Crippen LogP contribution in [-0.2, 0) is 14.8 Å². The van der Waals surface area contributed by atoms with Gasteiger partial charge >= 0.3 is 0 Å². The van der Waals surface area contributed by atoms with E-state index in [1.807, 2.05) is 0 Å². The minimum atomic E-state index is -3.74. The quantitative estimate of drug-likeness (QED) is 0.748. The summed E-state index contributed by atoms with van der Waals surface area (Å²) in [6.07, 6.45) is 1.83. The van der Waals surface area contributed by atoms with Crippen molar-refractivity contribution >= 4 is 37.5 Å². The van der Waals surface area contributed by atoms with Gasteiger partial charge in [-0.25, -0.2) is 13.6 Å². The highest BCUT2D eigenvalue weighted by molar-refractivity contribution is 9.10. The van der Waals surface area contributed by atoms with Gasteiger partial charge in [0.2, 0.25) is 15.9 Å². The Labute approximate surface area is 126 Å². The number of rotatable bonds is 3. The van der Waals surface area contributed by atoms with Crippen molar-refractivity contribution in [2.45, 2.75) is 17.7 Å². The van der Waals surface area contributed by atoms with Crippen LogP contribution in [0.3, 0.4) is 0 Å². The molecule has 0 bridgehead atoms. The SMILES string of the molecule is NS(=O)(=O)c1ccc(NC(=O)[C@@H]2CCCNC2)c(Br)c1. The number of sulfonamides is 1. The highest BCUT2D eigenvalue weighted by Crippen LogP contribution is 2.26. The van der Waals surface area contributed by atoms with E-state index in [0.717, 1.165) is 19.4 Å². The van der Waals surface area contributed by atoms with Crippen LogP contribution < -0.4 is 15.8 Å². The van der Waals surface area contributed by atoms with Gasteiger partial charge in [0.15, 0.2) is 0 Å². The number of piperidine rings is 1. The molecule has 4 N–H and O–H groups in total. The third kappa shape index (κ3) is 3.78. The third-order valence-electron chi connectivity index (χ3n) is 3.19. The van der Waals surface area contributed by atoms with Gasteiger partial charge in [0, 0.05) is 11.0 Å². The van der Waals surface area contributed by atoms with E-state index in [1.165, 1.54) is 18.2 Å². The molecule has 0 aliphatic carbocycles. The van der Waals surface area contributed by atoms with Crippen LogP contribution in [0.5, 0.6) is 0 Å². The Bertz CT molecular complexity index is 612. The maximum absolute atomic E-state index is 12.1. The molecule has 6 nitrogen and oxygen atoms in total. The predicted molar refractivity (Wildman–Crippen MR) is 79.7 cm³/mol. The topological polar surface area (TPSA) is 101 Å². The van der Waals surface area contributed by atoms with Crippen molar-refractivity contribution in [1.82, 2.24) is 5.32 Å². The Kier molecular flexibility index (Phi) is 4.79. The number of halogens is 1. The molecule has 0 spiro atoms. The number of anilines is 1. The lowest BCUT2D eigenvalue weighted by molar-refractivity contribution is -0.120. The van der Waals surface area contributed by atoms with Gasteiger partial charge in [0.25, 0.3) is 0 Å². The lowest BCUT2D eigenvalue weighted by Gasteiger charge is -2.22. The third-order valence-corrected chi connectivity index (χ3v) is 4.76. The molecule has 0 saturated carbocycles. The Balaban J connectivity index is 2.11. The number of primary sulfonamides is 1. The second-order valence-corrected chi connectivity index (χ2v) is 7.13. The maximum atomic E-state index is 12.1. The molecule has 1 aliphatic rings. The van der Waals surface area contributed by atoms with Crippen molar-refractivity contribution in [2.75, 3.05) is 18.4 Å². The molecule has 1 aromatic carbocycles. The minimum absolute atomic E-state index is 0.00158. The van der Waals surface area contributed by atoms with E-state index in [4.69, 9.17) is 5.14 Å². The number of nitrogens with two attached hydrogens (primary N) is 1. The second kappa shape index (κ2) is 6.21. The zero-order valence-electron chi connectivity index (χ0n) is 10.7. The molecule has 20 heavy (non-hydrogen) atoms. The molecule has 2 rings (SSSR count). The van der Waals surface area contributed by atoms with Gasteiger partial charge in [-0.1, -0.05) is 0 Å². The molecule has 1 amide bonds. The van der Waals surface area contributed by atoms with Crippen molar-refractivity contribution in [3.05, 3.63) is 22.7 Å². The summed E-state index contributed by atoms with van der Waals surface area (Å²) in [5, 5.41) is 11.0. The lowest BCUT2D eigenvalue weighted by Crippen LogP contribution is -2.37. The molecule has 0 radical (unpaired) electrons. The maximum Gasteiger partial charge on any atom is 0.238 e. The number of carbonyl (C=O) groups excluding carboxylic acids is 1. The van der Waals surface area contributed by atoms with Gasteiger partial charge in [-0.15, -0.1) is 0 Å². The van der Waals surface area contributed by atoms with E-state index in [2.05, 4.69) is 26.6 Å². The largest absolute Gasteiger partial charge is 0.325 e. The number of hydrogen-bond donors (Lipinski definition) is 3. The van der Waals surface area contributed by atoms with Crippen molar-refractivity contribution < 1.29 is 13.2 Å². The van der Waals surface area contributed by atoms with Crippen LogP contribution in [0, 0.1) is 5.92 Å². The van der Waals surface area contributed by atoms with Crippen molar-refractivity contribution in [3.63, 3.8) is 0 Å². The number of hydrogen-bond acceptors (Lipinski definition) is 4. The number of nitrogens with one attached hydrogen (secondary N) is 2. The molecule has 1 heterocycles. The molecule has 1 saturated heterocycles. The van der Waals surface area contributed by atoms with Gasteiger partial charge in [-0.3, -0.25) is 4.79 Å². The molecule has 1 aromatic rings. The molecule has 1 atom stereocenters. The van der Waals surface area contributed by atoms with Crippen LogP contribution in [0.2, 0.25) is 0 Å². The van der Waals surface area contributed by atoms with E-state index >= 15 is 0 Å². The average molecular weight is 362 g/mol. The highest BCUT2D eigenvalue weighted by atomic mass is 79.9. The van der Waals surface area contributed by atoms with Gasteiger partial charge < -0.3 is 10.6 Å². The summed E-state index contributed by atoms with van der Waals surface area (Å²) < 4.78 is 22.9. The molecule has 8 heteroatoms. The predicted octanol–water partition coefficient (Wildman–Crippen LogP) is 1.03. The Morgan fingerprint density at radius 1 is 1.45 bits per heavy atom. The normalized spacial score (nSPS) is 19.6. The standard InChI is InChI=1S/C12H16BrN3O3S/c13-10-6-9(20(14,18)19)3-4-11(10)16-12(17)8-2-1-5-15-7-8/h3-4,6,8,15H,1-2,5,7H2,(H,16,17)(H2,14,18,19)/t8-/m1/s1. The number of carbonyl (C=O) groups is 1. The van der Waals surface area contributed by atoms with E-state index in [9.17, 15) is 13.2 Å². The minimum Gasteiger partial charge on any atom is -0.325 e. The first-order valence-electron chi connectivity index (χ1n) is 6.22. The monoisotopic (exact) mass is 361 g/mol. The summed E-state index contributed by atoms with van der Waals surface area (Å²) >= 11 is 3.24. The Morgan fingerprint density at radius 3 is 2.75 bits per heavy atom. The first kappa shape index (κ1) is 15.4. The van der Waals surface area contributed by atoms with Crippen LogP contribution >= 0.6 is 15.9 Å². The number of benzene rings is 1. The lowest BCUT2D eigenvalue weighted by atomic mass is 9.99. The first-order chi connectivity index (χ1) is 9.38. The molecule has 0 unspecified atom stereocenters. The summed E-state index contributed by atoms with van der Waals surface area (Å²) in [5.74, 6) is -0.130. The zero-order valence-corrected chi connectivity index (χ0v) is 13.1. The molecular weight excluding hydrogens is 346 g/mol. The fourth-order valence-electron chi connectivity index (χ4n) is 2.08. The van der Waals surface area contributed by atoms with Gasteiger partial charge in [0.1, 0.15) is 0 Å². The van der Waals surface area contributed by atoms with E-state index in [-0.39, 0.29) is 16.7 Å². The first-order valence-corrected chi connectivity index (χ1v) is 8.56. The van der Waals surface area contributed by atoms with Crippen molar-refractivity contribution in [3.8, 4) is 0 Å². The smallest absolute Gasteiger partial charge is 0.238 e. The fraction of sp³-hybridized carbons (Fsp3) is 0.417. The average Bonchev–Trinajstić information content (AvgIpc) is 2.41. The number of amides is 1. The van der Waals surface area contributed by atoms with Gasteiger partial charge in [0.05, 0.1) is 16.5 Å². The van der Waals surface area contributed by atoms with Crippen LogP contribution in [0.4, 0.5) is 5.69 Å². The fourth-order valence-corrected chi connectivity index (χ4v) is 3.25. The highest BCUT2D eigenvalue weighted by Gasteiger charge is 2.21. The van der Waals surface area contributed by atoms with Crippen LogP contribution in [0.25, 0.3) is 0 Å². The van der Waals surface area contributed by atoms with E-state index < -0.39 is 10.0 Å². The summed E-state index contributed by atoms with van der Waals surface area (Å²) in [5.41, 5.74) is 0.535. The van der Waals surface area contributed by atoms with Gasteiger partial charge in [-0.2, -0.15) is 0 Å². The van der Waals surface area contributed by atoms with Gasteiger partial charge in [-0.05, 0) is 53.5 Å². The Hall–Kier alpha value is -0.960. The summed E-state index contributed by atoms with van der Waals surface area (Å²) in [4.78, 5) is 12.1. The molecule has 1 aliphatic heterocycles. The van der Waals surface area contributed by atoms with Crippen LogP contribution in [0.15, 0.2) is 27.6 Å². The van der Waals surface area contributed by atoms with Crippen LogP contribution in [0.1, 0.15) is 12.8 Å². The molecule has 110 valence electrons. The summed E-state index contributed by atoms with van der Waals surface area (Å²) in [6, 6.07) is 4.27. The molecule has 0 aromatic heterocycles. The zero-order chi connectivity index (χ0) is 14.8. The molecular formula is C12H16BrN3O3S. The Morgan fingerprint density at radius 2 is 2.20 bits per heavy atom.